The number of likely N-dealkylation sites (tertiary alicyclic amines) is 1. The van der Waals surface area contributed by atoms with Crippen LogP contribution >= 0.6 is 50.5 Å². The van der Waals surface area contributed by atoms with E-state index in [-0.39, 0.29) is 11.8 Å². The molecule has 0 saturated carbocycles. The molecule has 1 aliphatic heterocycles. The Labute approximate surface area is 168 Å². The molecule has 1 fully saturated rings. The monoisotopic (exact) mass is 460 g/mol. The minimum absolute atomic E-state index is 0.145. The van der Waals surface area contributed by atoms with Crippen molar-refractivity contribution in [2.75, 3.05) is 6.54 Å². The van der Waals surface area contributed by atoms with Gasteiger partial charge in [0.05, 0.1) is 20.9 Å². The lowest BCUT2D eigenvalue weighted by atomic mass is 10.1. The molecule has 4 nitrogen and oxygen atoms in total. The van der Waals surface area contributed by atoms with Crippen LogP contribution in [0.3, 0.4) is 0 Å². The number of hydrogen-bond acceptors (Lipinski definition) is 3. The van der Waals surface area contributed by atoms with Gasteiger partial charge in [-0.05, 0) is 59.1 Å². The van der Waals surface area contributed by atoms with Gasteiger partial charge >= 0.3 is 0 Å². The number of benzene rings is 1. The number of carbonyl (C=O) groups is 2. The fraction of sp³-hybridized carbons (Fsp3) is 0.294. The molecule has 132 valence electrons. The second kappa shape index (κ2) is 8.08. The first-order valence-electron chi connectivity index (χ1n) is 7.73. The Hall–Kier alpha value is -1.08. The van der Waals surface area contributed by atoms with Gasteiger partial charge in [-0.15, -0.1) is 11.3 Å². The Bertz CT molecular complexity index is 812. The van der Waals surface area contributed by atoms with E-state index in [0.717, 1.165) is 15.1 Å². The smallest absolute Gasteiger partial charge is 0.256 e. The first kappa shape index (κ1) is 18.7. The third-order valence-corrected chi connectivity index (χ3v) is 6.23. The lowest BCUT2D eigenvalue weighted by molar-refractivity contribution is -0.125. The molecule has 2 heterocycles. The second-order valence-electron chi connectivity index (χ2n) is 5.70. The van der Waals surface area contributed by atoms with Crippen molar-refractivity contribution in [1.29, 1.82) is 0 Å². The van der Waals surface area contributed by atoms with E-state index in [9.17, 15) is 9.59 Å². The molecule has 1 aliphatic rings. The number of rotatable bonds is 4. The van der Waals surface area contributed by atoms with Crippen LogP contribution in [0.2, 0.25) is 10.0 Å². The quantitative estimate of drug-likeness (QED) is 0.714. The van der Waals surface area contributed by atoms with Gasteiger partial charge in [-0.3, -0.25) is 9.59 Å². The molecule has 1 atom stereocenters. The third-order valence-electron chi connectivity index (χ3n) is 4.04. The molecule has 0 aliphatic carbocycles. The Balaban J connectivity index is 1.70. The molecule has 1 aromatic heterocycles. The van der Waals surface area contributed by atoms with Gasteiger partial charge in [0, 0.05) is 16.4 Å². The van der Waals surface area contributed by atoms with Gasteiger partial charge in [-0.25, -0.2) is 0 Å². The minimum atomic E-state index is -0.481. The molecular weight excluding hydrogens is 447 g/mol. The number of carbonyl (C=O) groups excluding carboxylic acids is 2. The fourth-order valence-corrected chi connectivity index (χ4v) is 4.63. The van der Waals surface area contributed by atoms with Crippen molar-refractivity contribution >= 4 is 62.3 Å². The van der Waals surface area contributed by atoms with Crippen LogP contribution in [0.15, 0.2) is 34.1 Å². The van der Waals surface area contributed by atoms with Crippen LogP contribution in [0.25, 0.3) is 0 Å². The highest BCUT2D eigenvalue weighted by molar-refractivity contribution is 9.11. The largest absolute Gasteiger partial charge is 0.349 e. The van der Waals surface area contributed by atoms with Crippen molar-refractivity contribution in [3.05, 3.63) is 54.6 Å². The molecule has 3 rings (SSSR count). The van der Waals surface area contributed by atoms with Crippen molar-refractivity contribution in [3.8, 4) is 0 Å². The molecule has 1 saturated heterocycles. The van der Waals surface area contributed by atoms with E-state index in [1.54, 1.807) is 34.4 Å². The molecule has 0 radical (unpaired) electrons. The molecule has 1 N–H and O–H groups in total. The summed E-state index contributed by atoms with van der Waals surface area (Å²) >= 11 is 17.1. The zero-order chi connectivity index (χ0) is 18.0. The van der Waals surface area contributed by atoms with Crippen LogP contribution in [0.1, 0.15) is 28.1 Å². The van der Waals surface area contributed by atoms with Gasteiger partial charge in [0.2, 0.25) is 5.91 Å². The Morgan fingerprint density at radius 3 is 2.80 bits per heavy atom. The molecule has 0 bridgehead atoms. The molecule has 2 amide bonds. The summed E-state index contributed by atoms with van der Waals surface area (Å²) in [4.78, 5) is 28.0. The maximum atomic E-state index is 12.8. The average molecular weight is 462 g/mol. The van der Waals surface area contributed by atoms with Crippen molar-refractivity contribution in [3.63, 3.8) is 0 Å². The van der Waals surface area contributed by atoms with Gasteiger partial charge in [0.1, 0.15) is 6.04 Å². The zero-order valence-electron chi connectivity index (χ0n) is 13.1. The first-order chi connectivity index (χ1) is 12.0. The van der Waals surface area contributed by atoms with Gasteiger partial charge in [-0.1, -0.05) is 23.2 Å². The molecule has 2 aromatic rings. The number of halogens is 3. The summed E-state index contributed by atoms with van der Waals surface area (Å²) < 4.78 is 1.02. The topological polar surface area (TPSA) is 49.4 Å². The fourth-order valence-electron chi connectivity index (χ4n) is 2.84. The second-order valence-corrected chi connectivity index (χ2v) is 9.10. The highest BCUT2D eigenvalue weighted by Gasteiger charge is 2.35. The average Bonchev–Trinajstić information content (AvgIpc) is 3.23. The SMILES string of the molecule is O=C(NCc1ccc(Br)s1)C1CCCN1C(=O)c1cc(Cl)ccc1Cl. The lowest BCUT2D eigenvalue weighted by Crippen LogP contribution is -2.45. The molecule has 0 spiro atoms. The van der Waals surface area contributed by atoms with Crippen molar-refractivity contribution in [2.24, 2.45) is 0 Å². The summed E-state index contributed by atoms with van der Waals surface area (Å²) in [7, 11) is 0. The number of thiophene rings is 1. The Morgan fingerprint density at radius 2 is 2.08 bits per heavy atom. The van der Waals surface area contributed by atoms with Crippen molar-refractivity contribution in [1.82, 2.24) is 10.2 Å². The van der Waals surface area contributed by atoms with Crippen LogP contribution < -0.4 is 5.32 Å². The number of hydrogen-bond donors (Lipinski definition) is 1. The number of nitrogens with one attached hydrogen (secondary N) is 1. The maximum Gasteiger partial charge on any atom is 0.256 e. The molecule has 1 aromatic carbocycles. The van der Waals surface area contributed by atoms with E-state index < -0.39 is 6.04 Å². The van der Waals surface area contributed by atoms with Crippen LogP contribution in [0, 0.1) is 0 Å². The van der Waals surface area contributed by atoms with E-state index in [1.165, 1.54) is 0 Å². The van der Waals surface area contributed by atoms with Crippen LogP contribution in [-0.2, 0) is 11.3 Å². The summed E-state index contributed by atoms with van der Waals surface area (Å²) in [5.41, 5.74) is 0.330. The van der Waals surface area contributed by atoms with Crippen LogP contribution in [0.5, 0.6) is 0 Å². The van der Waals surface area contributed by atoms with Gasteiger partial charge in [0.15, 0.2) is 0 Å². The Kier molecular flexibility index (Phi) is 6.04. The molecule has 1 unspecified atom stereocenters. The predicted molar refractivity (Wildman–Crippen MR) is 104 cm³/mol. The number of nitrogens with zero attached hydrogens (tertiary/aromatic N) is 1. The number of amides is 2. The first-order valence-corrected chi connectivity index (χ1v) is 10.1. The summed E-state index contributed by atoms with van der Waals surface area (Å²) in [6.07, 6.45) is 1.43. The lowest BCUT2D eigenvalue weighted by Gasteiger charge is -2.24. The van der Waals surface area contributed by atoms with E-state index >= 15 is 0 Å². The van der Waals surface area contributed by atoms with Gasteiger partial charge in [0.25, 0.3) is 5.91 Å². The predicted octanol–water partition coefficient (Wildman–Crippen LogP) is 4.74. The summed E-state index contributed by atoms with van der Waals surface area (Å²) in [5.74, 6) is -0.405. The van der Waals surface area contributed by atoms with E-state index in [0.29, 0.717) is 35.1 Å². The van der Waals surface area contributed by atoms with Crippen molar-refractivity contribution < 1.29 is 9.59 Å². The molecule has 8 heteroatoms. The van der Waals surface area contributed by atoms with E-state index in [4.69, 9.17) is 23.2 Å². The van der Waals surface area contributed by atoms with Gasteiger partial charge in [-0.2, -0.15) is 0 Å². The standard InChI is InChI=1S/C17H15BrCl2N2O2S/c18-15-6-4-11(25-15)9-21-16(23)14-2-1-7-22(14)17(24)12-8-10(19)3-5-13(12)20/h3-6,8,14H,1-2,7,9H2,(H,21,23). The summed E-state index contributed by atoms with van der Waals surface area (Å²) in [6, 6.07) is 8.19. The van der Waals surface area contributed by atoms with Gasteiger partial charge < -0.3 is 10.2 Å². The van der Waals surface area contributed by atoms with Crippen LogP contribution in [0.4, 0.5) is 0 Å². The minimum Gasteiger partial charge on any atom is -0.349 e. The zero-order valence-corrected chi connectivity index (χ0v) is 17.0. The maximum absolute atomic E-state index is 12.8. The summed E-state index contributed by atoms with van der Waals surface area (Å²) in [6.45, 7) is 0.982. The Morgan fingerprint density at radius 1 is 1.28 bits per heavy atom. The summed E-state index contributed by atoms with van der Waals surface area (Å²) in [5, 5.41) is 3.69. The molecule has 25 heavy (non-hydrogen) atoms. The normalized spacial score (nSPS) is 16.9. The van der Waals surface area contributed by atoms with Crippen molar-refractivity contribution in [2.45, 2.75) is 25.4 Å². The van der Waals surface area contributed by atoms with E-state index in [1.807, 2.05) is 12.1 Å². The molecular formula is C17H15BrCl2N2O2S. The van der Waals surface area contributed by atoms with E-state index in [2.05, 4.69) is 21.2 Å². The van der Waals surface area contributed by atoms with Crippen LogP contribution in [-0.4, -0.2) is 29.3 Å². The highest BCUT2D eigenvalue weighted by Crippen LogP contribution is 2.27. The highest BCUT2D eigenvalue weighted by atomic mass is 79.9. The third kappa shape index (κ3) is 4.37.